The predicted molar refractivity (Wildman–Crippen MR) is 131 cm³/mol. The molecule has 2 aliphatic heterocycles. The maximum Gasteiger partial charge on any atom is 0.223 e. The van der Waals surface area contributed by atoms with Crippen molar-refractivity contribution in [3.05, 3.63) is 59.3 Å². The first-order chi connectivity index (χ1) is 15.8. The van der Waals surface area contributed by atoms with Crippen LogP contribution >= 0.6 is 0 Å². The Morgan fingerprint density at radius 2 is 2.00 bits per heavy atom. The van der Waals surface area contributed by atoms with E-state index >= 15 is 0 Å². The Kier molecular flexibility index (Phi) is 5.61. The molecule has 0 aliphatic carbocycles. The molecular weight excluding hydrogens is 412 g/mol. The van der Waals surface area contributed by atoms with Crippen LogP contribution in [0.4, 0.5) is 0 Å². The number of rotatable bonds is 4. The van der Waals surface area contributed by atoms with Gasteiger partial charge in [-0.1, -0.05) is 18.2 Å². The zero-order chi connectivity index (χ0) is 23.2. The molecule has 1 N–H and O–H groups in total. The van der Waals surface area contributed by atoms with Gasteiger partial charge in [0, 0.05) is 35.6 Å². The second-order valence-corrected chi connectivity index (χ2v) is 10.1. The normalized spacial score (nSPS) is 21.5. The summed E-state index contributed by atoms with van der Waals surface area (Å²) < 4.78 is 12.2. The third-order valence-electron chi connectivity index (χ3n) is 6.75. The van der Waals surface area contributed by atoms with Crippen LogP contribution in [-0.4, -0.2) is 35.7 Å². The number of ether oxygens (including phenoxy) is 2. The van der Waals surface area contributed by atoms with Crippen molar-refractivity contribution in [3.8, 4) is 16.9 Å². The van der Waals surface area contributed by atoms with E-state index in [4.69, 9.17) is 9.47 Å². The van der Waals surface area contributed by atoms with Crippen molar-refractivity contribution in [2.75, 3.05) is 13.2 Å². The topological polar surface area (TPSA) is 60.5 Å². The van der Waals surface area contributed by atoms with Crippen LogP contribution in [0.25, 0.3) is 22.0 Å². The van der Waals surface area contributed by atoms with Crippen LogP contribution in [-0.2, 0) is 16.0 Å². The molecule has 1 aromatic heterocycles. The number of carbonyl (C=O) groups is 1. The zero-order valence-electron chi connectivity index (χ0n) is 19.9. The standard InChI is InChI=1S/C28H32N2O3/c1-17-11-22-14-23(16-29-27(31)21-9-10-32-28(3,4)15-21)33-26(22)24(12-17)19-7-8-25-20(13-19)6-5-18(2)30-25/h5-8,11-13,21,23H,9-10,14-16H2,1-4H3,(H,29,31). The molecule has 5 nitrogen and oxygen atoms in total. The van der Waals surface area contributed by atoms with E-state index in [1.165, 1.54) is 11.1 Å². The Bertz CT molecular complexity index is 1220. The molecule has 0 radical (unpaired) electrons. The number of aromatic nitrogens is 1. The third-order valence-corrected chi connectivity index (χ3v) is 6.75. The number of hydrogen-bond donors (Lipinski definition) is 1. The summed E-state index contributed by atoms with van der Waals surface area (Å²) in [4.78, 5) is 17.4. The highest BCUT2D eigenvalue weighted by Crippen LogP contribution is 2.40. The summed E-state index contributed by atoms with van der Waals surface area (Å²) in [6.07, 6.45) is 2.28. The number of nitrogens with one attached hydrogen (secondary N) is 1. The van der Waals surface area contributed by atoms with Gasteiger partial charge in [0.15, 0.2) is 0 Å². The highest BCUT2D eigenvalue weighted by atomic mass is 16.5. The molecule has 0 bridgehead atoms. The van der Waals surface area contributed by atoms with E-state index in [9.17, 15) is 4.79 Å². The summed E-state index contributed by atoms with van der Waals surface area (Å²) in [5.41, 5.74) is 6.43. The van der Waals surface area contributed by atoms with E-state index in [1.807, 2.05) is 13.0 Å². The van der Waals surface area contributed by atoms with E-state index in [2.05, 4.69) is 67.5 Å². The first-order valence-corrected chi connectivity index (χ1v) is 11.9. The van der Waals surface area contributed by atoms with Gasteiger partial charge >= 0.3 is 0 Å². The number of hydrogen-bond acceptors (Lipinski definition) is 4. The minimum atomic E-state index is -0.235. The fourth-order valence-electron chi connectivity index (χ4n) is 5.13. The molecule has 3 aromatic rings. The van der Waals surface area contributed by atoms with Crippen LogP contribution in [0, 0.1) is 19.8 Å². The Balaban J connectivity index is 1.32. The summed E-state index contributed by atoms with van der Waals surface area (Å²) in [6, 6.07) is 14.9. The molecule has 1 saturated heterocycles. The van der Waals surface area contributed by atoms with Crippen LogP contribution in [0.5, 0.6) is 5.75 Å². The third kappa shape index (κ3) is 4.60. The fraction of sp³-hybridized carbons (Fsp3) is 0.429. The number of carbonyl (C=O) groups excluding carboxylic acids is 1. The molecule has 0 spiro atoms. The van der Waals surface area contributed by atoms with Crippen molar-refractivity contribution < 1.29 is 14.3 Å². The van der Waals surface area contributed by atoms with Crippen LogP contribution in [0.15, 0.2) is 42.5 Å². The Labute approximate surface area is 195 Å². The molecule has 33 heavy (non-hydrogen) atoms. The number of aryl methyl sites for hydroxylation is 2. The summed E-state index contributed by atoms with van der Waals surface area (Å²) in [6.45, 7) is 9.40. The minimum absolute atomic E-state index is 0.00480. The summed E-state index contributed by atoms with van der Waals surface area (Å²) in [5.74, 6) is 1.05. The monoisotopic (exact) mass is 444 g/mol. The van der Waals surface area contributed by atoms with Crippen LogP contribution in [0.1, 0.15) is 43.5 Å². The van der Waals surface area contributed by atoms with E-state index in [-0.39, 0.29) is 23.5 Å². The van der Waals surface area contributed by atoms with E-state index in [0.717, 1.165) is 52.7 Å². The number of benzene rings is 2. The van der Waals surface area contributed by atoms with Crippen molar-refractivity contribution in [1.82, 2.24) is 10.3 Å². The smallest absolute Gasteiger partial charge is 0.223 e. The predicted octanol–water partition coefficient (Wildman–Crippen LogP) is 5.14. The quantitative estimate of drug-likeness (QED) is 0.605. The Morgan fingerprint density at radius 1 is 1.15 bits per heavy atom. The van der Waals surface area contributed by atoms with Crippen molar-refractivity contribution in [3.63, 3.8) is 0 Å². The van der Waals surface area contributed by atoms with E-state index in [1.54, 1.807) is 0 Å². The highest BCUT2D eigenvalue weighted by molar-refractivity contribution is 5.86. The van der Waals surface area contributed by atoms with Gasteiger partial charge in [0.25, 0.3) is 0 Å². The van der Waals surface area contributed by atoms with Gasteiger partial charge in [-0.05, 0) is 81.5 Å². The maximum atomic E-state index is 12.8. The average molecular weight is 445 g/mol. The van der Waals surface area contributed by atoms with Crippen molar-refractivity contribution in [2.24, 2.45) is 5.92 Å². The zero-order valence-corrected chi connectivity index (χ0v) is 19.9. The van der Waals surface area contributed by atoms with Crippen molar-refractivity contribution in [1.29, 1.82) is 0 Å². The number of amides is 1. The van der Waals surface area contributed by atoms with Crippen LogP contribution in [0.2, 0.25) is 0 Å². The van der Waals surface area contributed by atoms with Gasteiger partial charge in [0.05, 0.1) is 17.7 Å². The molecule has 1 amide bonds. The Morgan fingerprint density at radius 3 is 2.82 bits per heavy atom. The number of pyridine rings is 1. The van der Waals surface area contributed by atoms with Gasteiger partial charge in [0.2, 0.25) is 5.91 Å². The van der Waals surface area contributed by atoms with E-state index < -0.39 is 0 Å². The van der Waals surface area contributed by atoms with Crippen molar-refractivity contribution >= 4 is 16.8 Å². The lowest BCUT2D eigenvalue weighted by atomic mass is 9.88. The summed E-state index contributed by atoms with van der Waals surface area (Å²) in [7, 11) is 0. The van der Waals surface area contributed by atoms with Crippen LogP contribution in [0.3, 0.4) is 0 Å². The summed E-state index contributed by atoms with van der Waals surface area (Å²) in [5, 5.41) is 4.26. The van der Waals surface area contributed by atoms with Gasteiger partial charge < -0.3 is 14.8 Å². The first kappa shape index (κ1) is 21.9. The largest absolute Gasteiger partial charge is 0.487 e. The molecule has 3 heterocycles. The first-order valence-electron chi connectivity index (χ1n) is 11.9. The van der Waals surface area contributed by atoms with Gasteiger partial charge in [-0.25, -0.2) is 0 Å². The fourth-order valence-corrected chi connectivity index (χ4v) is 5.13. The lowest BCUT2D eigenvalue weighted by Crippen LogP contribution is -2.43. The van der Waals surface area contributed by atoms with Crippen LogP contribution < -0.4 is 10.1 Å². The van der Waals surface area contributed by atoms with Crippen molar-refractivity contribution in [2.45, 2.75) is 58.7 Å². The average Bonchev–Trinajstić information content (AvgIpc) is 3.18. The number of nitrogens with zero attached hydrogens (tertiary/aromatic N) is 1. The maximum absolute atomic E-state index is 12.8. The molecule has 2 atom stereocenters. The molecule has 5 heteroatoms. The highest BCUT2D eigenvalue weighted by Gasteiger charge is 2.34. The van der Waals surface area contributed by atoms with Gasteiger partial charge in [-0.3, -0.25) is 9.78 Å². The SMILES string of the molecule is Cc1cc2c(c(-c3ccc4nc(C)ccc4c3)c1)OC(CNC(=O)C1CCOC(C)(C)C1)C2. The molecule has 2 unspecified atom stereocenters. The lowest BCUT2D eigenvalue weighted by molar-refractivity contribution is -0.135. The second kappa shape index (κ2) is 8.45. The van der Waals surface area contributed by atoms with E-state index in [0.29, 0.717) is 13.2 Å². The molecular formula is C28H32N2O3. The second-order valence-electron chi connectivity index (χ2n) is 10.1. The lowest BCUT2D eigenvalue weighted by Gasteiger charge is -2.34. The molecule has 1 fully saturated rings. The molecule has 0 saturated carbocycles. The minimum Gasteiger partial charge on any atom is -0.487 e. The molecule has 2 aliphatic rings. The van der Waals surface area contributed by atoms with Gasteiger partial charge in [0.1, 0.15) is 11.9 Å². The molecule has 172 valence electrons. The Hall–Kier alpha value is -2.92. The summed E-state index contributed by atoms with van der Waals surface area (Å²) >= 11 is 0. The number of fused-ring (bicyclic) bond motifs is 2. The van der Waals surface area contributed by atoms with Gasteiger partial charge in [-0.15, -0.1) is 0 Å². The van der Waals surface area contributed by atoms with Gasteiger partial charge in [-0.2, -0.15) is 0 Å². The molecule has 5 rings (SSSR count). The molecule has 2 aromatic carbocycles.